The highest BCUT2D eigenvalue weighted by atomic mass is 35.5. The van der Waals surface area contributed by atoms with Gasteiger partial charge in [0.25, 0.3) is 5.91 Å². The molecule has 0 radical (unpaired) electrons. The van der Waals surface area contributed by atoms with Crippen LogP contribution in [0.4, 0.5) is 19.0 Å². The molecule has 2 aromatic heterocycles. The van der Waals surface area contributed by atoms with Gasteiger partial charge in [-0.15, -0.1) is 0 Å². The summed E-state index contributed by atoms with van der Waals surface area (Å²) in [6.45, 7) is 5.31. The van der Waals surface area contributed by atoms with Gasteiger partial charge in [-0.25, -0.2) is 9.97 Å². The molecule has 2 rings (SSSR count). The molecule has 0 aliphatic rings. The van der Waals surface area contributed by atoms with Crippen LogP contribution in [-0.2, 0) is 4.79 Å². The lowest BCUT2D eigenvalue weighted by atomic mass is 10.1. The molecule has 0 fully saturated rings. The summed E-state index contributed by atoms with van der Waals surface area (Å²) in [5, 5.41) is 5.28. The summed E-state index contributed by atoms with van der Waals surface area (Å²) in [6, 6.07) is 3.83. The first-order valence-corrected chi connectivity index (χ1v) is 9.69. The molecule has 0 bridgehead atoms. The Bertz CT molecular complexity index is 967. The first-order valence-electron chi connectivity index (χ1n) is 9.31. The SMILES string of the molecule is Cc1cc(C(=O)NC(C)c2cnc(OCC(F)(F)F)c(Cl)c2)cc(NC(=O)C(C)C)n1. The maximum atomic E-state index is 12.7. The fourth-order valence-electron chi connectivity index (χ4n) is 2.43. The quantitative estimate of drug-likeness (QED) is 0.638. The minimum atomic E-state index is -4.51. The van der Waals surface area contributed by atoms with Gasteiger partial charge in [-0.1, -0.05) is 25.4 Å². The Kier molecular flexibility index (Phi) is 7.83. The third-order valence-electron chi connectivity index (χ3n) is 4.04. The van der Waals surface area contributed by atoms with E-state index in [1.807, 2.05) is 0 Å². The number of anilines is 1. The lowest BCUT2D eigenvalue weighted by molar-refractivity contribution is -0.154. The van der Waals surface area contributed by atoms with Gasteiger partial charge in [-0.2, -0.15) is 13.2 Å². The van der Waals surface area contributed by atoms with Crippen LogP contribution in [0.1, 0.15) is 48.4 Å². The summed E-state index contributed by atoms with van der Waals surface area (Å²) >= 11 is 5.96. The molecule has 2 aromatic rings. The molecule has 7 nitrogen and oxygen atoms in total. The van der Waals surface area contributed by atoms with Crippen LogP contribution < -0.4 is 15.4 Å². The van der Waals surface area contributed by atoms with Crippen LogP contribution in [0.3, 0.4) is 0 Å². The summed E-state index contributed by atoms with van der Waals surface area (Å²) in [4.78, 5) is 32.5. The number of nitrogens with one attached hydrogen (secondary N) is 2. The number of ether oxygens (including phenoxy) is 1. The highest BCUT2D eigenvalue weighted by Crippen LogP contribution is 2.27. The zero-order chi connectivity index (χ0) is 23.3. The molecule has 2 heterocycles. The number of carbonyl (C=O) groups excluding carboxylic acids is 2. The van der Waals surface area contributed by atoms with E-state index < -0.39 is 24.7 Å². The van der Waals surface area contributed by atoms with Crippen molar-refractivity contribution in [3.63, 3.8) is 0 Å². The fourth-order valence-corrected chi connectivity index (χ4v) is 2.66. The first kappa shape index (κ1) is 24.4. The molecule has 2 amide bonds. The molecular formula is C20H22ClF3N4O3. The van der Waals surface area contributed by atoms with E-state index in [1.165, 1.54) is 18.3 Å². The zero-order valence-electron chi connectivity index (χ0n) is 17.3. The number of carbonyl (C=O) groups is 2. The molecule has 31 heavy (non-hydrogen) atoms. The topological polar surface area (TPSA) is 93.2 Å². The number of hydrogen-bond donors (Lipinski definition) is 2. The number of amides is 2. The van der Waals surface area contributed by atoms with Gasteiger partial charge < -0.3 is 15.4 Å². The molecule has 0 aliphatic heterocycles. The van der Waals surface area contributed by atoms with Crippen LogP contribution in [0.15, 0.2) is 24.4 Å². The van der Waals surface area contributed by atoms with Gasteiger partial charge in [0, 0.05) is 23.4 Å². The Morgan fingerprint density at radius 2 is 1.87 bits per heavy atom. The maximum absolute atomic E-state index is 12.7. The van der Waals surface area contributed by atoms with E-state index in [0.717, 1.165) is 0 Å². The molecule has 0 spiro atoms. The third kappa shape index (κ3) is 7.39. The monoisotopic (exact) mass is 458 g/mol. The van der Waals surface area contributed by atoms with Gasteiger partial charge in [-0.05, 0) is 37.6 Å². The van der Waals surface area contributed by atoms with Gasteiger partial charge >= 0.3 is 6.18 Å². The molecule has 2 N–H and O–H groups in total. The van der Waals surface area contributed by atoms with E-state index in [-0.39, 0.29) is 34.1 Å². The molecule has 11 heteroatoms. The predicted molar refractivity (Wildman–Crippen MR) is 109 cm³/mol. The maximum Gasteiger partial charge on any atom is 0.422 e. The average molecular weight is 459 g/mol. The number of aryl methyl sites for hydroxylation is 1. The summed E-state index contributed by atoms with van der Waals surface area (Å²) in [5.74, 6) is -1.01. The van der Waals surface area contributed by atoms with Crippen LogP contribution >= 0.6 is 11.6 Å². The van der Waals surface area contributed by atoms with E-state index in [0.29, 0.717) is 11.3 Å². The van der Waals surface area contributed by atoms with Crippen molar-refractivity contribution in [2.75, 3.05) is 11.9 Å². The van der Waals surface area contributed by atoms with Crippen molar-refractivity contribution in [1.29, 1.82) is 0 Å². The Morgan fingerprint density at radius 1 is 1.19 bits per heavy atom. The molecule has 168 valence electrons. The summed E-state index contributed by atoms with van der Waals surface area (Å²) in [6.07, 6.45) is -3.24. The van der Waals surface area contributed by atoms with Crippen molar-refractivity contribution >= 4 is 29.2 Å². The van der Waals surface area contributed by atoms with Crippen LogP contribution in [0, 0.1) is 12.8 Å². The van der Waals surface area contributed by atoms with Crippen molar-refractivity contribution in [2.24, 2.45) is 5.92 Å². The normalized spacial score (nSPS) is 12.4. The molecule has 0 aromatic carbocycles. The number of aromatic nitrogens is 2. The van der Waals surface area contributed by atoms with Gasteiger partial charge in [0.1, 0.15) is 10.8 Å². The molecule has 0 aliphatic carbocycles. The smallest absolute Gasteiger partial charge is 0.422 e. The number of hydrogen-bond acceptors (Lipinski definition) is 5. The van der Waals surface area contributed by atoms with Crippen LogP contribution in [-0.4, -0.2) is 34.6 Å². The van der Waals surface area contributed by atoms with E-state index in [9.17, 15) is 22.8 Å². The second kappa shape index (κ2) is 9.95. The summed E-state index contributed by atoms with van der Waals surface area (Å²) in [7, 11) is 0. The molecule has 1 unspecified atom stereocenters. The molecule has 1 atom stereocenters. The molecule has 0 saturated heterocycles. The number of halogens is 4. The lowest BCUT2D eigenvalue weighted by Crippen LogP contribution is -2.27. The highest BCUT2D eigenvalue weighted by molar-refractivity contribution is 6.31. The third-order valence-corrected chi connectivity index (χ3v) is 4.31. The standard InChI is InChI=1S/C20H22ClF3N4O3/c1-10(2)17(29)28-16-7-13(5-11(3)26-16)18(30)27-12(4)14-6-15(21)19(25-8-14)31-9-20(22,23)24/h5-8,10,12H,9H2,1-4H3,(H,27,30)(H,26,28,29). The number of pyridine rings is 2. The fraction of sp³-hybridized carbons (Fsp3) is 0.400. The second-order valence-corrected chi connectivity index (χ2v) is 7.59. The van der Waals surface area contributed by atoms with E-state index >= 15 is 0 Å². The Hall–Kier alpha value is -2.88. The van der Waals surface area contributed by atoms with E-state index in [1.54, 1.807) is 33.8 Å². The second-order valence-electron chi connectivity index (χ2n) is 7.18. The van der Waals surface area contributed by atoms with Crippen LogP contribution in [0.2, 0.25) is 5.02 Å². The van der Waals surface area contributed by atoms with Crippen LogP contribution in [0.5, 0.6) is 5.88 Å². The lowest BCUT2D eigenvalue weighted by Gasteiger charge is -2.16. The van der Waals surface area contributed by atoms with Gasteiger partial charge in [0.2, 0.25) is 11.8 Å². The van der Waals surface area contributed by atoms with Crippen molar-refractivity contribution in [1.82, 2.24) is 15.3 Å². The highest BCUT2D eigenvalue weighted by Gasteiger charge is 2.29. The largest absolute Gasteiger partial charge is 0.467 e. The van der Waals surface area contributed by atoms with Crippen LogP contribution in [0.25, 0.3) is 0 Å². The Morgan fingerprint density at radius 3 is 2.45 bits per heavy atom. The summed E-state index contributed by atoms with van der Waals surface area (Å²) in [5.41, 5.74) is 1.29. The number of rotatable bonds is 7. The van der Waals surface area contributed by atoms with Gasteiger partial charge in [0.15, 0.2) is 6.61 Å². The first-order chi connectivity index (χ1) is 14.4. The van der Waals surface area contributed by atoms with Crippen molar-refractivity contribution in [3.8, 4) is 5.88 Å². The van der Waals surface area contributed by atoms with E-state index in [2.05, 4.69) is 25.3 Å². The van der Waals surface area contributed by atoms with Crippen molar-refractivity contribution in [3.05, 3.63) is 46.2 Å². The zero-order valence-corrected chi connectivity index (χ0v) is 18.1. The van der Waals surface area contributed by atoms with Gasteiger partial charge in [0.05, 0.1) is 6.04 Å². The average Bonchev–Trinajstić information content (AvgIpc) is 2.65. The Balaban J connectivity index is 2.11. The minimum absolute atomic E-state index is 0.110. The molecular weight excluding hydrogens is 437 g/mol. The molecule has 0 saturated carbocycles. The van der Waals surface area contributed by atoms with E-state index in [4.69, 9.17) is 11.6 Å². The minimum Gasteiger partial charge on any atom is -0.467 e. The predicted octanol–water partition coefficient (Wildman–Crippen LogP) is 4.47. The number of alkyl halides is 3. The van der Waals surface area contributed by atoms with Crippen molar-refractivity contribution < 1.29 is 27.5 Å². The Labute approximate surface area is 182 Å². The number of nitrogens with zero attached hydrogens (tertiary/aromatic N) is 2. The summed E-state index contributed by atoms with van der Waals surface area (Å²) < 4.78 is 41.4. The van der Waals surface area contributed by atoms with Gasteiger partial charge in [-0.3, -0.25) is 9.59 Å². The van der Waals surface area contributed by atoms with Crippen molar-refractivity contribution in [2.45, 2.75) is 39.9 Å².